The molecule has 1 aliphatic rings. The van der Waals surface area contributed by atoms with Crippen LogP contribution in [0.3, 0.4) is 0 Å². The highest BCUT2D eigenvalue weighted by Gasteiger charge is 2.25. The second-order valence-corrected chi connectivity index (χ2v) is 6.92. The third-order valence-electron chi connectivity index (χ3n) is 4.24. The fourth-order valence-corrected chi connectivity index (χ4v) is 3.79. The molecule has 26 heavy (non-hydrogen) atoms. The molecule has 0 radical (unpaired) electrons. The van der Waals surface area contributed by atoms with Crippen molar-refractivity contribution in [2.75, 3.05) is 11.9 Å². The first-order valence-corrected chi connectivity index (χ1v) is 9.32. The van der Waals surface area contributed by atoms with Gasteiger partial charge in [0.2, 0.25) is 0 Å². The van der Waals surface area contributed by atoms with Crippen LogP contribution < -0.4 is 20.1 Å². The molecular weight excluding hydrogens is 350 g/mol. The maximum absolute atomic E-state index is 12.9. The smallest absolute Gasteiger partial charge is 0.351 e. The Hall–Kier alpha value is -2.85. The van der Waals surface area contributed by atoms with Crippen LogP contribution in [0, 0.1) is 11.3 Å². The summed E-state index contributed by atoms with van der Waals surface area (Å²) >= 11 is 1.14. The molecule has 1 aromatic heterocycles. The molecule has 1 heterocycles. The van der Waals surface area contributed by atoms with E-state index in [9.17, 15) is 14.9 Å². The normalized spacial score (nSPS) is 15.8. The van der Waals surface area contributed by atoms with Gasteiger partial charge in [-0.05, 0) is 38.3 Å². The molecular formula is C19H19N3O3S. The summed E-state index contributed by atoms with van der Waals surface area (Å²) in [6.45, 7) is 1.86. The predicted octanol–water partition coefficient (Wildman–Crippen LogP) is 1.72. The number of hydrogen-bond acceptors (Lipinski definition) is 6. The van der Waals surface area contributed by atoms with Crippen molar-refractivity contribution in [1.82, 2.24) is 4.57 Å². The molecule has 0 aliphatic heterocycles. The number of thiazole rings is 1. The first-order valence-electron chi connectivity index (χ1n) is 8.50. The number of carbonyl (C=O) groups excluding carboxylic acids is 1. The molecule has 0 saturated heterocycles. The first kappa shape index (κ1) is 18.0. The fraction of sp³-hybridized carbons (Fsp3) is 0.316. The summed E-state index contributed by atoms with van der Waals surface area (Å²) < 4.78 is 7.39. The highest BCUT2D eigenvalue weighted by molar-refractivity contribution is 7.07. The summed E-state index contributed by atoms with van der Waals surface area (Å²) in [5.74, 6) is -0.688. The second-order valence-electron chi connectivity index (χ2n) is 5.89. The van der Waals surface area contributed by atoms with Gasteiger partial charge in [-0.25, -0.2) is 4.79 Å². The van der Waals surface area contributed by atoms with Crippen LogP contribution in [0.1, 0.15) is 32.2 Å². The van der Waals surface area contributed by atoms with Gasteiger partial charge in [-0.15, -0.1) is 11.3 Å². The van der Waals surface area contributed by atoms with Gasteiger partial charge in [-0.3, -0.25) is 9.36 Å². The van der Waals surface area contributed by atoms with E-state index in [1.165, 1.54) is 0 Å². The summed E-state index contributed by atoms with van der Waals surface area (Å²) in [5, 5.41) is 12.6. The number of benzene rings is 1. The zero-order valence-electron chi connectivity index (χ0n) is 14.4. The van der Waals surface area contributed by atoms with Gasteiger partial charge in [0, 0.05) is 17.9 Å². The number of nitrogens with one attached hydrogen (secondary N) is 1. The Kier molecular flexibility index (Phi) is 5.54. The lowest BCUT2D eigenvalue weighted by Gasteiger charge is -2.26. The summed E-state index contributed by atoms with van der Waals surface area (Å²) in [5.41, 5.74) is 0.558. The number of hydrogen-bond donors (Lipinski definition) is 1. The van der Waals surface area contributed by atoms with Crippen LogP contribution in [-0.4, -0.2) is 17.1 Å². The van der Waals surface area contributed by atoms with E-state index >= 15 is 0 Å². The Morgan fingerprint density at radius 2 is 2.15 bits per heavy atom. The zero-order valence-corrected chi connectivity index (χ0v) is 15.2. The van der Waals surface area contributed by atoms with Gasteiger partial charge in [0.1, 0.15) is 15.3 Å². The van der Waals surface area contributed by atoms with Crippen LogP contribution in [0.15, 0.2) is 35.1 Å². The van der Waals surface area contributed by atoms with Crippen LogP contribution in [-0.2, 0) is 9.53 Å². The number of ether oxygens (including phenoxy) is 1. The molecule has 0 amide bonds. The number of nitriles is 1. The summed E-state index contributed by atoms with van der Waals surface area (Å²) in [4.78, 5) is 25.0. The molecule has 0 bridgehead atoms. The van der Waals surface area contributed by atoms with Gasteiger partial charge >= 0.3 is 5.97 Å². The highest BCUT2D eigenvalue weighted by atomic mass is 32.1. The highest BCUT2D eigenvalue weighted by Crippen LogP contribution is 2.29. The van der Waals surface area contributed by atoms with Crippen LogP contribution in [0.4, 0.5) is 5.69 Å². The lowest BCUT2D eigenvalue weighted by molar-refractivity contribution is -0.136. The average Bonchev–Trinajstić information content (AvgIpc) is 2.90. The van der Waals surface area contributed by atoms with Crippen molar-refractivity contribution in [3.8, 4) is 6.07 Å². The van der Waals surface area contributed by atoms with Crippen molar-refractivity contribution in [2.24, 2.45) is 0 Å². The lowest BCUT2D eigenvalue weighted by Crippen LogP contribution is -2.38. The van der Waals surface area contributed by atoms with Crippen LogP contribution in [0.5, 0.6) is 0 Å². The number of carbonyl (C=O) groups is 1. The van der Waals surface area contributed by atoms with E-state index in [1.807, 2.05) is 36.4 Å². The molecule has 1 aliphatic carbocycles. The number of para-hydroxylation sites is 1. The Balaban J connectivity index is 2.14. The molecule has 6 nitrogen and oxygen atoms in total. The molecule has 134 valence electrons. The molecule has 2 aromatic rings. The van der Waals surface area contributed by atoms with Crippen molar-refractivity contribution >= 4 is 34.8 Å². The van der Waals surface area contributed by atoms with Crippen molar-refractivity contribution in [3.63, 3.8) is 0 Å². The number of nitrogens with zero attached hydrogens (tertiary/aromatic N) is 2. The second kappa shape index (κ2) is 8.02. The number of rotatable bonds is 5. The molecule has 1 N–H and O–H groups in total. The topological polar surface area (TPSA) is 84.1 Å². The standard InChI is InChI=1S/C19H19N3O3S/c1-2-25-19(24)15(11-20)18-22(14-9-6-10-14)17(23)16(26-18)12-21-13-7-4-3-5-8-13/h3-5,7-8,12,14,21H,2,6,9-10H2,1H3/b16-12-,18-15-. The summed E-state index contributed by atoms with van der Waals surface area (Å²) in [7, 11) is 0. The minimum Gasteiger partial charge on any atom is -0.462 e. The van der Waals surface area contributed by atoms with Crippen LogP contribution in [0.2, 0.25) is 0 Å². The van der Waals surface area contributed by atoms with Crippen LogP contribution in [0.25, 0.3) is 11.8 Å². The van der Waals surface area contributed by atoms with E-state index in [2.05, 4.69) is 5.32 Å². The lowest BCUT2D eigenvalue weighted by atomic mass is 9.93. The Labute approximate surface area is 154 Å². The van der Waals surface area contributed by atoms with E-state index in [0.717, 1.165) is 36.3 Å². The molecule has 0 unspecified atom stereocenters. The molecule has 0 spiro atoms. The first-order chi connectivity index (χ1) is 12.7. The van der Waals surface area contributed by atoms with E-state index in [1.54, 1.807) is 17.7 Å². The molecule has 1 aromatic carbocycles. The van der Waals surface area contributed by atoms with Gasteiger partial charge in [0.05, 0.1) is 6.61 Å². The van der Waals surface area contributed by atoms with E-state index in [0.29, 0.717) is 9.20 Å². The maximum Gasteiger partial charge on any atom is 0.351 e. The SMILES string of the molecule is CCOC(=O)/C(C#N)=c1\s/c(=C\Nc2ccccc2)c(=O)n1C1CCC1. The van der Waals surface area contributed by atoms with E-state index in [-0.39, 0.29) is 23.8 Å². The third-order valence-corrected chi connectivity index (χ3v) is 5.35. The Morgan fingerprint density at radius 3 is 2.73 bits per heavy atom. The minimum atomic E-state index is -0.688. The zero-order chi connectivity index (χ0) is 18.5. The summed E-state index contributed by atoms with van der Waals surface area (Å²) in [6.07, 6.45) is 4.41. The fourth-order valence-electron chi connectivity index (χ4n) is 2.71. The largest absolute Gasteiger partial charge is 0.462 e. The Morgan fingerprint density at radius 1 is 1.42 bits per heavy atom. The minimum absolute atomic E-state index is 0.0328. The van der Waals surface area contributed by atoms with Gasteiger partial charge in [0.25, 0.3) is 5.56 Å². The number of aromatic nitrogens is 1. The predicted molar refractivity (Wildman–Crippen MR) is 101 cm³/mol. The van der Waals surface area contributed by atoms with Crippen molar-refractivity contribution in [1.29, 1.82) is 5.26 Å². The van der Waals surface area contributed by atoms with Gasteiger partial charge in [-0.1, -0.05) is 18.2 Å². The maximum atomic E-state index is 12.9. The number of esters is 1. The monoisotopic (exact) mass is 369 g/mol. The molecule has 1 saturated carbocycles. The molecule has 3 rings (SSSR count). The molecule has 1 fully saturated rings. The number of anilines is 1. The van der Waals surface area contributed by atoms with E-state index in [4.69, 9.17) is 4.74 Å². The van der Waals surface area contributed by atoms with Crippen molar-refractivity contribution in [3.05, 3.63) is 49.9 Å². The average molecular weight is 369 g/mol. The van der Waals surface area contributed by atoms with Gasteiger partial charge < -0.3 is 10.1 Å². The van der Waals surface area contributed by atoms with Crippen molar-refractivity contribution in [2.45, 2.75) is 32.2 Å². The van der Waals surface area contributed by atoms with Gasteiger partial charge in [-0.2, -0.15) is 5.26 Å². The summed E-state index contributed by atoms with van der Waals surface area (Å²) in [6, 6.07) is 11.4. The van der Waals surface area contributed by atoms with Crippen molar-refractivity contribution < 1.29 is 9.53 Å². The Bertz CT molecular complexity index is 1010. The van der Waals surface area contributed by atoms with Crippen LogP contribution >= 0.6 is 11.3 Å². The third kappa shape index (κ3) is 3.55. The molecule has 0 atom stereocenters. The molecule has 7 heteroatoms. The quantitative estimate of drug-likeness (QED) is 0.812. The van der Waals surface area contributed by atoms with E-state index < -0.39 is 5.97 Å². The van der Waals surface area contributed by atoms with Gasteiger partial charge in [0.15, 0.2) is 5.57 Å².